The molecule has 0 aliphatic carbocycles. The predicted octanol–water partition coefficient (Wildman–Crippen LogP) is 5.29. The first kappa shape index (κ1) is 16.3. The Kier molecular flexibility index (Phi) is 3.89. The van der Waals surface area contributed by atoms with Crippen LogP contribution in [0.25, 0.3) is 6.08 Å². The third-order valence-corrected chi connectivity index (χ3v) is 5.80. The fourth-order valence-corrected chi connectivity index (χ4v) is 3.70. The number of hydrogen-bond donors (Lipinski definition) is 1. The molecule has 2 aromatic rings. The summed E-state index contributed by atoms with van der Waals surface area (Å²) in [7, 11) is 0. The number of nitrogens with zero attached hydrogens (tertiary/aromatic N) is 2. The zero-order valence-electron chi connectivity index (χ0n) is 14.1. The van der Waals surface area contributed by atoms with Crippen LogP contribution in [0.4, 0.5) is 5.69 Å². The van der Waals surface area contributed by atoms with Crippen LogP contribution in [0.3, 0.4) is 0 Å². The SMILES string of the molecule is Cc1c(Cl)c(C)c(C2=NO[C@H]3C=Cc4ccccc4NN23)c(C)c1Cl. The van der Waals surface area contributed by atoms with E-state index < -0.39 is 0 Å². The van der Waals surface area contributed by atoms with Gasteiger partial charge in [0.25, 0.3) is 0 Å². The highest BCUT2D eigenvalue weighted by Gasteiger charge is 2.34. The van der Waals surface area contributed by atoms with E-state index in [2.05, 4.69) is 10.6 Å². The lowest BCUT2D eigenvalue weighted by Crippen LogP contribution is -2.40. The molecule has 4 nitrogen and oxygen atoms in total. The van der Waals surface area contributed by atoms with Crippen molar-refractivity contribution in [2.75, 3.05) is 5.43 Å². The maximum Gasteiger partial charge on any atom is 0.238 e. The first-order chi connectivity index (χ1) is 12.0. The molecule has 0 aromatic heterocycles. The van der Waals surface area contributed by atoms with Crippen LogP contribution in [0.2, 0.25) is 10.0 Å². The minimum absolute atomic E-state index is 0.333. The summed E-state index contributed by atoms with van der Waals surface area (Å²) in [6, 6.07) is 8.07. The van der Waals surface area contributed by atoms with Gasteiger partial charge in [-0.05, 0) is 55.2 Å². The Bertz CT molecular complexity index is 908. The molecule has 2 aliphatic rings. The molecule has 6 heteroatoms. The molecule has 0 radical (unpaired) electrons. The van der Waals surface area contributed by atoms with E-state index in [0.29, 0.717) is 15.9 Å². The molecule has 128 valence electrons. The molecule has 0 saturated heterocycles. The number of benzene rings is 2. The first-order valence-corrected chi connectivity index (χ1v) is 8.76. The monoisotopic (exact) mass is 373 g/mol. The summed E-state index contributed by atoms with van der Waals surface area (Å²) < 4.78 is 0. The molecular weight excluding hydrogens is 357 g/mol. The fraction of sp³-hybridized carbons (Fsp3) is 0.211. The van der Waals surface area contributed by atoms with Crippen molar-refractivity contribution in [1.29, 1.82) is 0 Å². The van der Waals surface area contributed by atoms with Crippen LogP contribution in [-0.4, -0.2) is 17.1 Å². The lowest BCUT2D eigenvalue weighted by atomic mass is 9.98. The van der Waals surface area contributed by atoms with Crippen molar-refractivity contribution in [2.45, 2.75) is 27.0 Å². The number of nitrogens with one attached hydrogen (secondary N) is 1. The van der Waals surface area contributed by atoms with E-state index >= 15 is 0 Å². The average Bonchev–Trinajstić information content (AvgIpc) is 2.90. The van der Waals surface area contributed by atoms with Gasteiger partial charge in [-0.1, -0.05) is 52.6 Å². The molecule has 0 amide bonds. The number of anilines is 1. The van der Waals surface area contributed by atoms with Crippen LogP contribution in [-0.2, 0) is 4.84 Å². The molecule has 0 spiro atoms. The minimum Gasteiger partial charge on any atom is -0.362 e. The van der Waals surface area contributed by atoms with Crippen molar-refractivity contribution in [3.05, 3.63) is 68.2 Å². The van der Waals surface area contributed by atoms with Crippen LogP contribution in [0.15, 0.2) is 35.5 Å². The van der Waals surface area contributed by atoms with E-state index in [9.17, 15) is 0 Å². The summed E-state index contributed by atoms with van der Waals surface area (Å²) in [5.74, 6) is 0.671. The smallest absolute Gasteiger partial charge is 0.238 e. The topological polar surface area (TPSA) is 36.9 Å². The molecule has 1 N–H and O–H groups in total. The summed E-state index contributed by atoms with van der Waals surface area (Å²) in [5.41, 5.74) is 9.13. The average molecular weight is 374 g/mol. The molecule has 0 fully saturated rings. The van der Waals surface area contributed by atoms with Gasteiger partial charge in [0.15, 0.2) is 5.84 Å². The number of oxime groups is 1. The van der Waals surface area contributed by atoms with Crippen LogP contribution in [0, 0.1) is 20.8 Å². The Hall–Kier alpha value is -2.17. The van der Waals surface area contributed by atoms with Crippen molar-refractivity contribution in [1.82, 2.24) is 5.01 Å². The third kappa shape index (κ3) is 2.48. The van der Waals surface area contributed by atoms with E-state index in [-0.39, 0.29) is 6.23 Å². The number of amidine groups is 1. The van der Waals surface area contributed by atoms with Crippen molar-refractivity contribution < 1.29 is 4.84 Å². The maximum atomic E-state index is 6.49. The molecule has 1 atom stereocenters. The number of hydrogen-bond acceptors (Lipinski definition) is 4. The minimum atomic E-state index is -0.333. The summed E-state index contributed by atoms with van der Waals surface area (Å²) in [5, 5.41) is 7.52. The van der Waals surface area contributed by atoms with E-state index in [1.165, 1.54) is 0 Å². The molecule has 4 rings (SSSR count). The second-order valence-electron chi connectivity index (χ2n) is 6.22. The first-order valence-electron chi connectivity index (χ1n) is 8.01. The van der Waals surface area contributed by atoms with Crippen LogP contribution >= 0.6 is 23.2 Å². The summed E-state index contributed by atoms with van der Waals surface area (Å²) >= 11 is 13.0. The number of halogens is 2. The molecule has 2 heterocycles. The van der Waals surface area contributed by atoms with Crippen LogP contribution < -0.4 is 5.43 Å². The van der Waals surface area contributed by atoms with Gasteiger partial charge in [-0.2, -0.15) is 0 Å². The Labute approximate surface area is 156 Å². The van der Waals surface area contributed by atoms with Crippen molar-refractivity contribution >= 4 is 40.8 Å². The molecule has 2 aliphatic heterocycles. The second-order valence-corrected chi connectivity index (χ2v) is 6.97. The molecule has 0 unspecified atom stereocenters. The number of rotatable bonds is 1. The highest BCUT2D eigenvalue weighted by atomic mass is 35.5. The van der Waals surface area contributed by atoms with Crippen LogP contribution in [0.1, 0.15) is 27.8 Å². The molecule has 0 bridgehead atoms. The van der Waals surface area contributed by atoms with Gasteiger partial charge in [0, 0.05) is 15.6 Å². The van der Waals surface area contributed by atoms with E-state index in [1.807, 2.05) is 62.2 Å². The van der Waals surface area contributed by atoms with E-state index in [0.717, 1.165) is 33.5 Å². The summed E-state index contributed by atoms with van der Waals surface area (Å²) in [4.78, 5) is 5.63. The van der Waals surface area contributed by atoms with E-state index in [4.69, 9.17) is 28.0 Å². The standard InChI is InChI=1S/C19H17Cl2N3O/c1-10-16(11(2)18(21)12(3)17(10)20)19-23-25-15-9-8-13-6-4-5-7-14(13)22-24(15)19/h4-9,15,22H,1-3H3/t15-/m0/s1. The number of hydrazine groups is 1. The van der Waals surface area contributed by atoms with Gasteiger partial charge in [-0.3, -0.25) is 5.43 Å². The summed E-state index contributed by atoms with van der Waals surface area (Å²) in [6.45, 7) is 5.88. The quantitative estimate of drug-likeness (QED) is 0.737. The van der Waals surface area contributed by atoms with Gasteiger partial charge in [0.1, 0.15) is 0 Å². The van der Waals surface area contributed by atoms with Gasteiger partial charge in [0.2, 0.25) is 6.23 Å². The third-order valence-electron chi connectivity index (χ3n) is 4.66. The lowest BCUT2D eigenvalue weighted by Gasteiger charge is -2.26. The molecule has 25 heavy (non-hydrogen) atoms. The van der Waals surface area contributed by atoms with Crippen molar-refractivity contribution in [3.63, 3.8) is 0 Å². The van der Waals surface area contributed by atoms with Crippen LogP contribution in [0.5, 0.6) is 0 Å². The largest absolute Gasteiger partial charge is 0.362 e. The highest BCUT2D eigenvalue weighted by molar-refractivity contribution is 6.37. The zero-order chi connectivity index (χ0) is 17.7. The Morgan fingerprint density at radius 1 is 1.04 bits per heavy atom. The summed E-state index contributed by atoms with van der Waals surface area (Å²) in [6.07, 6.45) is 3.66. The lowest BCUT2D eigenvalue weighted by molar-refractivity contribution is 0.0581. The predicted molar refractivity (Wildman–Crippen MR) is 103 cm³/mol. The van der Waals surface area contributed by atoms with Crippen molar-refractivity contribution in [3.8, 4) is 0 Å². The molecule has 2 aromatic carbocycles. The number of para-hydroxylation sites is 1. The Morgan fingerprint density at radius 3 is 2.44 bits per heavy atom. The maximum absolute atomic E-state index is 6.49. The van der Waals surface area contributed by atoms with Gasteiger partial charge in [-0.15, -0.1) is 0 Å². The van der Waals surface area contributed by atoms with Gasteiger partial charge < -0.3 is 4.84 Å². The number of fused-ring (bicyclic) bond motifs is 2. The van der Waals surface area contributed by atoms with E-state index in [1.54, 1.807) is 0 Å². The van der Waals surface area contributed by atoms with Gasteiger partial charge >= 0.3 is 0 Å². The highest BCUT2D eigenvalue weighted by Crippen LogP contribution is 2.37. The normalized spacial score (nSPS) is 18.0. The molecular formula is C19H17Cl2N3O. The second kappa shape index (κ2) is 5.97. The van der Waals surface area contributed by atoms with Gasteiger partial charge in [-0.25, -0.2) is 5.01 Å². The Balaban J connectivity index is 1.83. The van der Waals surface area contributed by atoms with Crippen molar-refractivity contribution in [2.24, 2.45) is 5.16 Å². The Morgan fingerprint density at radius 2 is 1.72 bits per heavy atom. The zero-order valence-corrected chi connectivity index (χ0v) is 15.6. The molecule has 0 saturated carbocycles. The van der Waals surface area contributed by atoms with Gasteiger partial charge in [0.05, 0.1) is 5.69 Å². The fourth-order valence-electron chi connectivity index (χ4n) is 3.27.